The van der Waals surface area contributed by atoms with Crippen LogP contribution in [-0.2, 0) is 22.3 Å². The first-order valence-corrected chi connectivity index (χ1v) is 13.0. The van der Waals surface area contributed by atoms with Crippen LogP contribution in [0.15, 0.2) is 60.7 Å². The molecule has 0 bridgehead atoms. The molecule has 3 aliphatic rings. The van der Waals surface area contributed by atoms with E-state index in [0.29, 0.717) is 31.3 Å². The van der Waals surface area contributed by atoms with Crippen LogP contribution in [-0.4, -0.2) is 67.2 Å². The van der Waals surface area contributed by atoms with Gasteiger partial charge in [0.05, 0.1) is 12.1 Å². The number of hydrogen-bond acceptors (Lipinski definition) is 3. The van der Waals surface area contributed by atoms with Crippen molar-refractivity contribution in [3.05, 3.63) is 71.8 Å². The summed E-state index contributed by atoms with van der Waals surface area (Å²) in [4.78, 5) is 17.9. The molecule has 5 rings (SSSR count). The second-order valence-corrected chi connectivity index (χ2v) is 10.5. The molecule has 0 N–H and O–H groups in total. The van der Waals surface area contributed by atoms with E-state index in [1.807, 2.05) is 58.3 Å². The number of carbonyl (C=O) groups excluding carboxylic acids is 1. The molecule has 0 radical (unpaired) electrons. The lowest BCUT2D eigenvalue weighted by Gasteiger charge is -2.52. The van der Waals surface area contributed by atoms with Crippen molar-refractivity contribution in [3.8, 4) is 0 Å². The van der Waals surface area contributed by atoms with Crippen molar-refractivity contribution in [3.63, 3.8) is 0 Å². The number of ether oxygens (including phenoxy) is 2. The van der Waals surface area contributed by atoms with Crippen molar-refractivity contribution in [1.29, 1.82) is 0 Å². The summed E-state index contributed by atoms with van der Waals surface area (Å²) in [5.74, 6) is 0.993. The number of carbonyl (C=O) groups is 1. The summed E-state index contributed by atoms with van der Waals surface area (Å²) in [6, 6.07) is 19.0. The maximum Gasteiger partial charge on any atom is 0.320 e. The number of nitrogens with zero attached hydrogens (tertiary/aromatic N) is 2. The molecule has 0 spiro atoms. The minimum atomic E-state index is -1.23. The molecule has 4 atom stereocenters. The molecule has 2 amide bonds. The molecule has 6 heteroatoms. The van der Waals surface area contributed by atoms with E-state index < -0.39 is 18.3 Å². The van der Waals surface area contributed by atoms with E-state index in [2.05, 4.69) is 12.1 Å². The van der Waals surface area contributed by atoms with Crippen LogP contribution in [0.5, 0.6) is 0 Å². The lowest BCUT2D eigenvalue weighted by atomic mass is 9.87. The normalized spacial score (nSPS) is 25.7. The van der Waals surface area contributed by atoms with Gasteiger partial charge in [-0.05, 0) is 55.1 Å². The lowest BCUT2D eigenvalue weighted by Crippen LogP contribution is -2.70. The number of urea groups is 1. The van der Waals surface area contributed by atoms with E-state index in [4.69, 9.17) is 9.47 Å². The third-order valence-corrected chi connectivity index (χ3v) is 7.58. The molecule has 1 heterocycles. The van der Waals surface area contributed by atoms with Crippen molar-refractivity contribution in [2.75, 3.05) is 27.0 Å². The second-order valence-electron chi connectivity index (χ2n) is 10.5. The van der Waals surface area contributed by atoms with Crippen molar-refractivity contribution >= 4 is 6.03 Å². The summed E-state index contributed by atoms with van der Waals surface area (Å²) in [7, 11) is 1.59. The van der Waals surface area contributed by atoms with Gasteiger partial charge in [-0.2, -0.15) is 0 Å². The molecule has 1 saturated heterocycles. The molecule has 5 nitrogen and oxygen atoms in total. The largest absolute Gasteiger partial charge is 0.359 e. The van der Waals surface area contributed by atoms with Crippen molar-refractivity contribution in [2.24, 2.45) is 11.8 Å². The van der Waals surface area contributed by atoms with E-state index >= 15 is 4.39 Å². The molecular weight excluding hydrogens is 443 g/mol. The maximum absolute atomic E-state index is 16.3. The third-order valence-electron chi connectivity index (χ3n) is 7.58. The Morgan fingerprint density at radius 3 is 2.03 bits per heavy atom. The quantitative estimate of drug-likeness (QED) is 0.397. The van der Waals surface area contributed by atoms with Gasteiger partial charge in [0, 0.05) is 26.6 Å². The Morgan fingerprint density at radius 1 is 0.886 bits per heavy atom. The highest BCUT2D eigenvalue weighted by Gasteiger charge is 2.52. The predicted molar refractivity (Wildman–Crippen MR) is 134 cm³/mol. The summed E-state index contributed by atoms with van der Waals surface area (Å²) in [6.45, 7) is 1.39. The Bertz CT molecular complexity index is 951. The SMILES string of the molecule is COCO[C@@H]1[C@@H]([C@@H](F)Cc2ccccc2)N(CC2CC2)C(=O)N(CC2CC2)[C@@H]1Cc1ccccc1. The Kier molecular flexibility index (Phi) is 7.69. The lowest BCUT2D eigenvalue weighted by molar-refractivity contribution is -0.146. The highest BCUT2D eigenvalue weighted by molar-refractivity contribution is 5.77. The molecule has 2 aliphatic carbocycles. The Balaban J connectivity index is 1.49. The fraction of sp³-hybridized carbons (Fsp3) is 0.552. The third kappa shape index (κ3) is 6.04. The van der Waals surface area contributed by atoms with Gasteiger partial charge in [-0.25, -0.2) is 9.18 Å². The van der Waals surface area contributed by atoms with Crippen LogP contribution in [0, 0.1) is 11.8 Å². The molecule has 2 saturated carbocycles. The fourth-order valence-electron chi connectivity index (χ4n) is 5.39. The number of hydrogen-bond donors (Lipinski definition) is 0. The van der Waals surface area contributed by atoms with E-state index in [0.717, 1.165) is 36.8 Å². The summed E-state index contributed by atoms with van der Waals surface area (Å²) >= 11 is 0. The standard InChI is InChI=1S/C29H37FN2O3/c1-34-20-35-28-26(17-22-10-6-3-7-11-22)31(18-23-12-13-23)29(33)32(19-24-14-15-24)27(28)25(30)16-21-8-4-2-5-9-21/h2-11,23-28H,12-20H2,1H3/t25-,26+,27+,28-/m0/s1. The Labute approximate surface area is 208 Å². The van der Waals surface area contributed by atoms with Gasteiger partial charge in [-0.3, -0.25) is 0 Å². The van der Waals surface area contributed by atoms with Gasteiger partial charge in [0.25, 0.3) is 0 Å². The van der Waals surface area contributed by atoms with E-state index in [1.165, 1.54) is 0 Å². The Hall–Kier alpha value is -2.44. The Morgan fingerprint density at radius 2 is 1.46 bits per heavy atom. The first kappa shape index (κ1) is 24.3. The molecular formula is C29H37FN2O3. The van der Waals surface area contributed by atoms with Gasteiger partial charge in [0.1, 0.15) is 19.1 Å². The number of alkyl halides is 1. The first-order valence-electron chi connectivity index (χ1n) is 13.0. The van der Waals surface area contributed by atoms with Crippen LogP contribution in [0.4, 0.5) is 9.18 Å². The van der Waals surface area contributed by atoms with E-state index in [1.54, 1.807) is 7.11 Å². The number of halogens is 1. The van der Waals surface area contributed by atoms with Gasteiger partial charge in [-0.15, -0.1) is 0 Å². The number of methoxy groups -OCH3 is 1. The van der Waals surface area contributed by atoms with Gasteiger partial charge in [0.2, 0.25) is 0 Å². The topological polar surface area (TPSA) is 42.0 Å². The van der Waals surface area contributed by atoms with Crippen molar-refractivity contribution in [1.82, 2.24) is 9.80 Å². The molecule has 2 aromatic carbocycles. The van der Waals surface area contributed by atoms with Crippen LogP contribution < -0.4 is 0 Å². The predicted octanol–water partition coefficient (Wildman–Crippen LogP) is 5.09. The molecule has 1 aliphatic heterocycles. The zero-order valence-corrected chi connectivity index (χ0v) is 20.6. The average molecular weight is 481 g/mol. The molecule has 0 unspecified atom stereocenters. The van der Waals surface area contributed by atoms with Gasteiger partial charge < -0.3 is 19.3 Å². The number of amides is 2. The van der Waals surface area contributed by atoms with Crippen molar-refractivity contribution < 1.29 is 18.7 Å². The van der Waals surface area contributed by atoms with Gasteiger partial charge >= 0.3 is 6.03 Å². The maximum atomic E-state index is 16.3. The van der Waals surface area contributed by atoms with Crippen LogP contribution in [0.1, 0.15) is 36.8 Å². The summed E-state index contributed by atoms with van der Waals surface area (Å²) in [6.07, 6.45) is 3.69. The monoisotopic (exact) mass is 480 g/mol. The highest BCUT2D eigenvalue weighted by Crippen LogP contribution is 2.39. The van der Waals surface area contributed by atoms with Crippen LogP contribution in [0.2, 0.25) is 0 Å². The van der Waals surface area contributed by atoms with Crippen LogP contribution >= 0.6 is 0 Å². The van der Waals surface area contributed by atoms with E-state index in [9.17, 15) is 4.79 Å². The zero-order valence-electron chi connectivity index (χ0n) is 20.6. The van der Waals surface area contributed by atoms with Gasteiger partial charge in [0.15, 0.2) is 0 Å². The summed E-state index contributed by atoms with van der Waals surface area (Å²) in [5.41, 5.74) is 2.06. The summed E-state index contributed by atoms with van der Waals surface area (Å²) < 4.78 is 27.9. The van der Waals surface area contributed by atoms with Crippen molar-refractivity contribution in [2.45, 2.75) is 62.9 Å². The fourth-order valence-corrected chi connectivity index (χ4v) is 5.39. The first-order chi connectivity index (χ1) is 17.1. The smallest absolute Gasteiger partial charge is 0.320 e. The average Bonchev–Trinajstić information content (AvgIpc) is 3.80. The van der Waals surface area contributed by atoms with Crippen LogP contribution in [0.3, 0.4) is 0 Å². The molecule has 188 valence electrons. The van der Waals surface area contributed by atoms with E-state index in [-0.39, 0.29) is 25.3 Å². The number of rotatable bonds is 12. The zero-order chi connectivity index (χ0) is 24.2. The minimum Gasteiger partial charge on any atom is -0.359 e. The molecule has 2 aromatic rings. The minimum absolute atomic E-state index is 0.0253. The second kappa shape index (κ2) is 11.1. The molecule has 3 fully saturated rings. The molecule has 0 aromatic heterocycles. The van der Waals surface area contributed by atoms with Gasteiger partial charge in [-0.1, -0.05) is 60.7 Å². The number of benzene rings is 2. The van der Waals surface area contributed by atoms with Crippen LogP contribution in [0.25, 0.3) is 0 Å². The summed E-state index contributed by atoms with van der Waals surface area (Å²) in [5, 5.41) is 0. The highest BCUT2D eigenvalue weighted by atomic mass is 19.1. The molecule has 35 heavy (non-hydrogen) atoms.